The molecule has 1 N–H and O–H groups in total. The van der Waals surface area contributed by atoms with Crippen LogP contribution in [0.15, 0.2) is 24.3 Å². The molecule has 0 amide bonds. The summed E-state index contributed by atoms with van der Waals surface area (Å²) in [5.41, 5.74) is 1.23. The predicted octanol–water partition coefficient (Wildman–Crippen LogP) is 2.65. The van der Waals surface area contributed by atoms with Crippen molar-refractivity contribution in [2.75, 3.05) is 0 Å². The molecule has 2 fully saturated rings. The van der Waals surface area contributed by atoms with Gasteiger partial charge in [-0.05, 0) is 42.9 Å². The first-order chi connectivity index (χ1) is 7.77. The van der Waals surface area contributed by atoms with Crippen LogP contribution in [0.4, 0.5) is 0 Å². The molecule has 2 heteroatoms. The van der Waals surface area contributed by atoms with E-state index in [1.165, 1.54) is 19.3 Å². The molecule has 2 aliphatic carbocycles. The maximum absolute atomic E-state index is 11.0. The van der Waals surface area contributed by atoms with Crippen molar-refractivity contribution in [1.82, 2.24) is 0 Å². The number of phenolic OH excluding ortho intramolecular Hbond substituents is 1. The molecule has 16 heavy (non-hydrogen) atoms. The second-order valence-electron chi connectivity index (χ2n) is 5.17. The molecule has 3 rings (SSSR count). The Morgan fingerprint density at radius 2 is 2.19 bits per heavy atom. The first-order valence-electron chi connectivity index (χ1n) is 6.02. The minimum atomic E-state index is 0.0682. The molecule has 0 heterocycles. The minimum absolute atomic E-state index is 0.0682. The highest BCUT2D eigenvalue weighted by atomic mass is 16.3. The van der Waals surface area contributed by atoms with Crippen molar-refractivity contribution in [2.24, 2.45) is 11.8 Å². The quantitative estimate of drug-likeness (QED) is 0.789. The Morgan fingerprint density at radius 1 is 1.38 bits per heavy atom. The molecule has 2 unspecified atom stereocenters. The molecular formula is C14H16O2. The Labute approximate surface area is 95.3 Å². The molecule has 0 bridgehead atoms. The van der Waals surface area contributed by atoms with Gasteiger partial charge in [0, 0.05) is 11.3 Å². The molecule has 0 aliphatic heterocycles. The molecule has 2 aliphatic rings. The lowest BCUT2D eigenvalue weighted by molar-refractivity contribution is -0.109. The third-order valence-corrected chi connectivity index (χ3v) is 4.44. The number of carbonyl (C=O) groups excluding carboxylic acids is 1. The minimum Gasteiger partial charge on any atom is -0.508 e. The third kappa shape index (κ3) is 1.22. The number of phenols is 1. The highest BCUT2D eigenvalue weighted by molar-refractivity contribution is 5.65. The van der Waals surface area contributed by atoms with E-state index in [2.05, 4.69) is 6.07 Å². The van der Waals surface area contributed by atoms with E-state index in [0.29, 0.717) is 11.7 Å². The van der Waals surface area contributed by atoms with Crippen molar-refractivity contribution in [2.45, 2.75) is 31.1 Å². The zero-order valence-electron chi connectivity index (χ0n) is 9.23. The zero-order valence-corrected chi connectivity index (χ0v) is 9.23. The van der Waals surface area contributed by atoms with E-state index in [1.807, 2.05) is 12.1 Å². The summed E-state index contributed by atoms with van der Waals surface area (Å²) < 4.78 is 0. The number of hydrogen-bond donors (Lipinski definition) is 1. The smallest absolute Gasteiger partial charge is 0.124 e. The highest BCUT2D eigenvalue weighted by Crippen LogP contribution is 2.63. The van der Waals surface area contributed by atoms with Crippen LogP contribution in [-0.4, -0.2) is 11.4 Å². The summed E-state index contributed by atoms with van der Waals surface area (Å²) in [7, 11) is 0. The van der Waals surface area contributed by atoms with E-state index in [0.717, 1.165) is 18.3 Å². The van der Waals surface area contributed by atoms with E-state index in [-0.39, 0.29) is 11.3 Å². The summed E-state index contributed by atoms with van der Waals surface area (Å²) >= 11 is 0. The molecule has 0 saturated heterocycles. The van der Waals surface area contributed by atoms with Crippen LogP contribution < -0.4 is 0 Å². The standard InChI is InChI=1S/C14H16O2/c15-9-12-8-14(12,10-3-1-4-10)11-5-2-6-13(16)7-11/h2,5-7,9-10,12,16H,1,3-4,8H2. The number of benzene rings is 1. The summed E-state index contributed by atoms with van der Waals surface area (Å²) in [5.74, 6) is 1.15. The number of rotatable bonds is 3. The summed E-state index contributed by atoms with van der Waals surface area (Å²) in [5, 5.41) is 9.55. The first kappa shape index (κ1) is 9.88. The van der Waals surface area contributed by atoms with Crippen molar-refractivity contribution >= 4 is 6.29 Å². The molecule has 0 radical (unpaired) electrons. The van der Waals surface area contributed by atoms with Crippen LogP contribution in [0, 0.1) is 11.8 Å². The molecule has 0 aromatic heterocycles. The monoisotopic (exact) mass is 216 g/mol. The number of hydrogen-bond acceptors (Lipinski definition) is 2. The first-order valence-corrected chi connectivity index (χ1v) is 6.02. The van der Waals surface area contributed by atoms with Gasteiger partial charge in [0.15, 0.2) is 0 Å². The van der Waals surface area contributed by atoms with Crippen molar-refractivity contribution in [3.63, 3.8) is 0 Å². The van der Waals surface area contributed by atoms with E-state index in [9.17, 15) is 9.90 Å². The van der Waals surface area contributed by atoms with Crippen LogP contribution in [0.5, 0.6) is 5.75 Å². The van der Waals surface area contributed by atoms with Crippen LogP contribution in [-0.2, 0) is 10.2 Å². The number of carbonyl (C=O) groups is 1. The van der Waals surface area contributed by atoms with Gasteiger partial charge in [-0.2, -0.15) is 0 Å². The van der Waals surface area contributed by atoms with Crippen LogP contribution in [0.25, 0.3) is 0 Å². The second kappa shape index (κ2) is 3.34. The average molecular weight is 216 g/mol. The van der Waals surface area contributed by atoms with Crippen LogP contribution in [0.1, 0.15) is 31.2 Å². The van der Waals surface area contributed by atoms with Gasteiger partial charge in [0.25, 0.3) is 0 Å². The van der Waals surface area contributed by atoms with Crippen molar-refractivity contribution in [1.29, 1.82) is 0 Å². The fourth-order valence-corrected chi connectivity index (χ4v) is 3.23. The highest BCUT2D eigenvalue weighted by Gasteiger charge is 2.60. The topological polar surface area (TPSA) is 37.3 Å². The third-order valence-electron chi connectivity index (χ3n) is 4.44. The Hall–Kier alpha value is -1.31. The maximum atomic E-state index is 11.0. The predicted molar refractivity (Wildman–Crippen MR) is 61.3 cm³/mol. The Kier molecular flexibility index (Phi) is 2.06. The Morgan fingerprint density at radius 3 is 2.69 bits per heavy atom. The molecule has 1 aromatic rings. The number of aromatic hydroxyl groups is 1. The molecule has 2 atom stereocenters. The molecule has 84 valence electrons. The molecule has 2 nitrogen and oxygen atoms in total. The van der Waals surface area contributed by atoms with Gasteiger partial charge in [-0.3, -0.25) is 0 Å². The van der Waals surface area contributed by atoms with E-state index in [1.54, 1.807) is 6.07 Å². The summed E-state index contributed by atoms with van der Waals surface area (Å²) in [6.07, 6.45) is 5.84. The summed E-state index contributed by atoms with van der Waals surface area (Å²) in [6.45, 7) is 0. The van der Waals surface area contributed by atoms with Crippen molar-refractivity contribution in [3.8, 4) is 5.75 Å². The zero-order chi connectivity index (χ0) is 11.2. The lowest BCUT2D eigenvalue weighted by Gasteiger charge is -2.35. The SMILES string of the molecule is O=CC1CC1(c1cccc(O)c1)C1CCC1. The summed E-state index contributed by atoms with van der Waals surface area (Å²) in [6, 6.07) is 7.46. The molecule has 0 spiro atoms. The number of aldehydes is 1. The van der Waals surface area contributed by atoms with Gasteiger partial charge in [-0.25, -0.2) is 0 Å². The van der Waals surface area contributed by atoms with E-state index in [4.69, 9.17) is 0 Å². The van der Waals surface area contributed by atoms with Gasteiger partial charge < -0.3 is 9.90 Å². The van der Waals surface area contributed by atoms with Gasteiger partial charge in [-0.1, -0.05) is 18.6 Å². The largest absolute Gasteiger partial charge is 0.508 e. The van der Waals surface area contributed by atoms with Crippen molar-refractivity contribution in [3.05, 3.63) is 29.8 Å². The van der Waals surface area contributed by atoms with Gasteiger partial charge in [0.05, 0.1) is 0 Å². The normalized spacial score (nSPS) is 33.1. The fourth-order valence-electron chi connectivity index (χ4n) is 3.23. The molecule has 2 saturated carbocycles. The van der Waals surface area contributed by atoms with Gasteiger partial charge in [-0.15, -0.1) is 0 Å². The lowest BCUT2D eigenvalue weighted by Crippen LogP contribution is -2.29. The van der Waals surface area contributed by atoms with Crippen LogP contribution >= 0.6 is 0 Å². The molecular weight excluding hydrogens is 200 g/mol. The van der Waals surface area contributed by atoms with Crippen LogP contribution in [0.3, 0.4) is 0 Å². The van der Waals surface area contributed by atoms with Crippen molar-refractivity contribution < 1.29 is 9.90 Å². The van der Waals surface area contributed by atoms with E-state index >= 15 is 0 Å². The van der Waals surface area contributed by atoms with Crippen LogP contribution in [0.2, 0.25) is 0 Å². The average Bonchev–Trinajstić information content (AvgIpc) is 2.91. The summed E-state index contributed by atoms with van der Waals surface area (Å²) in [4.78, 5) is 11.0. The lowest BCUT2D eigenvalue weighted by atomic mass is 9.69. The van der Waals surface area contributed by atoms with E-state index < -0.39 is 0 Å². The fraction of sp³-hybridized carbons (Fsp3) is 0.500. The maximum Gasteiger partial charge on any atom is 0.124 e. The van der Waals surface area contributed by atoms with Gasteiger partial charge in [0.2, 0.25) is 0 Å². The Bertz CT molecular complexity index is 422. The van der Waals surface area contributed by atoms with Gasteiger partial charge in [0.1, 0.15) is 12.0 Å². The second-order valence-corrected chi connectivity index (χ2v) is 5.17. The Balaban J connectivity index is 1.98. The molecule has 1 aromatic carbocycles. The van der Waals surface area contributed by atoms with Gasteiger partial charge >= 0.3 is 0 Å².